The summed E-state index contributed by atoms with van der Waals surface area (Å²) in [6, 6.07) is 22.0. The van der Waals surface area contributed by atoms with Gasteiger partial charge < -0.3 is 9.80 Å². The molecule has 4 aromatic heterocycles. The summed E-state index contributed by atoms with van der Waals surface area (Å²) in [5.74, 6) is -1.07. The van der Waals surface area contributed by atoms with Crippen LogP contribution in [0.25, 0.3) is 45.2 Å². The Hall–Kier alpha value is -6.56. The molecule has 2 aliphatic heterocycles. The predicted octanol–water partition coefficient (Wildman–Crippen LogP) is 8.03. The van der Waals surface area contributed by atoms with Crippen molar-refractivity contribution in [2.24, 2.45) is 14.1 Å². The van der Waals surface area contributed by atoms with E-state index in [4.69, 9.17) is 20.2 Å². The lowest BCUT2D eigenvalue weighted by molar-refractivity contribution is -0.127. The summed E-state index contributed by atoms with van der Waals surface area (Å²) in [6.45, 7) is 9.12. The second-order valence-corrected chi connectivity index (χ2v) is 14.7. The lowest BCUT2D eigenvalue weighted by Gasteiger charge is -2.33. The summed E-state index contributed by atoms with van der Waals surface area (Å²) in [5.41, 5.74) is 8.60. The zero-order valence-electron chi connectivity index (χ0n) is 31.9. The molecule has 10 nitrogen and oxygen atoms in total. The van der Waals surface area contributed by atoms with Crippen LogP contribution in [0.1, 0.15) is 54.0 Å². The van der Waals surface area contributed by atoms with Gasteiger partial charge in [0.25, 0.3) is 0 Å². The summed E-state index contributed by atoms with van der Waals surface area (Å²) in [7, 11) is 3.74. The number of amides is 2. The lowest BCUT2D eigenvalue weighted by atomic mass is 9.87. The number of likely N-dealkylation sites (tertiary alicyclic amines) is 2. The van der Waals surface area contributed by atoms with Gasteiger partial charge in [0.1, 0.15) is 17.3 Å². The van der Waals surface area contributed by atoms with Crippen LogP contribution in [0.4, 0.5) is 8.78 Å². The summed E-state index contributed by atoms with van der Waals surface area (Å²) in [4.78, 5) is 39.9. The van der Waals surface area contributed by atoms with Crippen molar-refractivity contribution in [3.8, 4) is 45.2 Å². The van der Waals surface area contributed by atoms with E-state index in [1.165, 1.54) is 36.4 Å². The molecular formula is C45H42F2N8O2. The second kappa shape index (κ2) is 15.5. The number of carbonyl (C=O) groups excluding carboxylic acids is 2. The smallest absolute Gasteiger partial charge is 0.246 e. The van der Waals surface area contributed by atoms with E-state index in [2.05, 4.69) is 13.2 Å². The number of rotatable bonds is 9. The molecule has 12 heteroatoms. The van der Waals surface area contributed by atoms with Crippen molar-refractivity contribution < 1.29 is 18.4 Å². The number of aryl methyl sites for hydroxylation is 2. The Labute approximate surface area is 329 Å². The normalized spacial score (nSPS) is 18.1. The zero-order chi connectivity index (χ0) is 39.8. The van der Waals surface area contributed by atoms with Gasteiger partial charge in [-0.3, -0.25) is 23.9 Å². The summed E-state index contributed by atoms with van der Waals surface area (Å²) in [6.07, 6.45) is 8.70. The zero-order valence-corrected chi connectivity index (χ0v) is 31.9. The Morgan fingerprint density at radius 3 is 2.12 bits per heavy atom. The third-order valence-corrected chi connectivity index (χ3v) is 11.2. The van der Waals surface area contributed by atoms with Crippen LogP contribution >= 0.6 is 0 Å². The average Bonchev–Trinajstić information content (AvgIpc) is 3.98. The number of carbonyl (C=O) groups is 2. The van der Waals surface area contributed by atoms with Gasteiger partial charge in [-0.15, -0.1) is 0 Å². The minimum absolute atomic E-state index is 0.00275. The molecule has 2 aliphatic rings. The van der Waals surface area contributed by atoms with Crippen molar-refractivity contribution in [3.63, 3.8) is 0 Å². The van der Waals surface area contributed by atoms with Gasteiger partial charge in [0.15, 0.2) is 0 Å². The largest absolute Gasteiger partial charge is 0.339 e. The number of hydrogen-bond acceptors (Lipinski definition) is 6. The minimum atomic E-state index is -0.350. The van der Waals surface area contributed by atoms with E-state index >= 15 is 0 Å². The molecular weight excluding hydrogens is 723 g/mol. The predicted molar refractivity (Wildman–Crippen MR) is 214 cm³/mol. The van der Waals surface area contributed by atoms with Crippen molar-refractivity contribution in [2.45, 2.75) is 37.1 Å². The van der Waals surface area contributed by atoms with Gasteiger partial charge in [-0.2, -0.15) is 10.2 Å². The Morgan fingerprint density at radius 1 is 0.754 bits per heavy atom. The van der Waals surface area contributed by atoms with E-state index in [0.29, 0.717) is 54.5 Å². The quantitative estimate of drug-likeness (QED) is 0.138. The summed E-state index contributed by atoms with van der Waals surface area (Å²) in [5, 5.41) is 9.75. The number of benzene rings is 2. The number of pyridine rings is 2. The molecule has 6 aromatic rings. The number of halogens is 2. The summed E-state index contributed by atoms with van der Waals surface area (Å²) < 4.78 is 31.3. The topological polar surface area (TPSA) is 102 Å². The van der Waals surface area contributed by atoms with Gasteiger partial charge in [0.2, 0.25) is 11.8 Å². The molecule has 0 saturated carbocycles. The molecule has 2 fully saturated rings. The highest BCUT2D eigenvalue weighted by molar-refractivity contribution is 5.88. The Bertz CT molecular complexity index is 2490. The maximum Gasteiger partial charge on any atom is 0.246 e. The van der Waals surface area contributed by atoms with E-state index in [0.717, 1.165) is 46.4 Å². The van der Waals surface area contributed by atoms with Crippen LogP contribution in [-0.2, 0) is 23.7 Å². The molecule has 3 atom stereocenters. The Morgan fingerprint density at radius 2 is 1.46 bits per heavy atom. The molecule has 0 spiro atoms. The van der Waals surface area contributed by atoms with Crippen molar-refractivity contribution in [1.29, 1.82) is 0 Å². The van der Waals surface area contributed by atoms with Gasteiger partial charge in [0.05, 0.1) is 34.5 Å². The van der Waals surface area contributed by atoms with Crippen molar-refractivity contribution in [2.75, 3.05) is 19.6 Å². The van der Waals surface area contributed by atoms with Crippen LogP contribution in [0, 0.1) is 11.6 Å². The molecule has 0 aliphatic carbocycles. The van der Waals surface area contributed by atoms with Crippen molar-refractivity contribution in [1.82, 2.24) is 39.3 Å². The van der Waals surface area contributed by atoms with Crippen LogP contribution in [0.3, 0.4) is 0 Å². The Kier molecular flexibility index (Phi) is 10.2. The first-order valence-corrected chi connectivity index (χ1v) is 19.0. The van der Waals surface area contributed by atoms with E-state index in [1.807, 2.05) is 71.3 Å². The third kappa shape index (κ3) is 7.42. The van der Waals surface area contributed by atoms with Gasteiger partial charge in [-0.05, 0) is 115 Å². The first kappa shape index (κ1) is 37.4. The standard InChI is InChI=1S/C45H42F2N8O2/c1-5-43(56)54-20-7-8-30(26-54)36-25-48-39(29-11-15-33(47)16-12-29)23-35(36)40-24-41(53(4)51-40)42-22-31(27-55(42)44(57)6-2)34-17-18-37(28-9-13-32(46)14-10-28)49-45(34)38-19-21-52(3)50-38/h5-6,9-19,21,23-25,30-31,42H,1-2,7-8,20,22,26-27H2,3-4H3. The molecule has 2 saturated heterocycles. The third-order valence-electron chi connectivity index (χ3n) is 11.2. The summed E-state index contributed by atoms with van der Waals surface area (Å²) >= 11 is 0. The van der Waals surface area contributed by atoms with E-state index in [9.17, 15) is 18.4 Å². The number of aromatic nitrogens is 6. The fourth-order valence-corrected chi connectivity index (χ4v) is 8.31. The minimum Gasteiger partial charge on any atom is -0.339 e. The second-order valence-electron chi connectivity index (χ2n) is 14.7. The first-order chi connectivity index (χ1) is 27.6. The molecule has 0 bridgehead atoms. The van der Waals surface area contributed by atoms with Gasteiger partial charge in [0, 0.05) is 74.6 Å². The maximum atomic E-state index is 13.9. The molecule has 8 rings (SSSR count). The van der Waals surface area contributed by atoms with Gasteiger partial charge in [-0.25, -0.2) is 13.8 Å². The van der Waals surface area contributed by atoms with Crippen molar-refractivity contribution in [3.05, 3.63) is 145 Å². The highest BCUT2D eigenvalue weighted by Crippen LogP contribution is 2.45. The van der Waals surface area contributed by atoms with Gasteiger partial charge in [-0.1, -0.05) is 19.2 Å². The molecule has 6 heterocycles. The van der Waals surface area contributed by atoms with Crippen LogP contribution < -0.4 is 0 Å². The van der Waals surface area contributed by atoms with Crippen LogP contribution in [0.15, 0.2) is 117 Å². The molecule has 57 heavy (non-hydrogen) atoms. The fourth-order valence-electron chi connectivity index (χ4n) is 8.31. The van der Waals surface area contributed by atoms with E-state index in [1.54, 1.807) is 28.9 Å². The highest BCUT2D eigenvalue weighted by atomic mass is 19.1. The molecule has 0 radical (unpaired) electrons. The van der Waals surface area contributed by atoms with Crippen molar-refractivity contribution >= 4 is 11.8 Å². The molecule has 288 valence electrons. The van der Waals surface area contributed by atoms with Crippen LogP contribution in [0.2, 0.25) is 0 Å². The molecule has 2 amide bonds. The Balaban J connectivity index is 1.19. The molecule has 0 N–H and O–H groups in total. The van der Waals surface area contributed by atoms with E-state index < -0.39 is 0 Å². The molecule has 3 unspecified atom stereocenters. The maximum absolute atomic E-state index is 13.9. The first-order valence-electron chi connectivity index (χ1n) is 19.0. The number of piperidine rings is 1. The lowest BCUT2D eigenvalue weighted by Crippen LogP contribution is -2.38. The monoisotopic (exact) mass is 764 g/mol. The fraction of sp³-hybridized carbons (Fsp3) is 0.244. The number of hydrogen-bond donors (Lipinski definition) is 0. The van der Waals surface area contributed by atoms with Gasteiger partial charge >= 0.3 is 0 Å². The van der Waals surface area contributed by atoms with Crippen LogP contribution in [-0.4, -0.2) is 70.8 Å². The van der Waals surface area contributed by atoms with Crippen LogP contribution in [0.5, 0.6) is 0 Å². The van der Waals surface area contributed by atoms with E-state index in [-0.39, 0.29) is 41.3 Å². The average molecular weight is 765 g/mol. The molecule has 2 aromatic carbocycles. The number of nitrogens with zero attached hydrogens (tertiary/aromatic N) is 8. The highest BCUT2D eigenvalue weighted by Gasteiger charge is 2.39. The SMILES string of the molecule is C=CC(=O)N1CCCC(c2cnc(-c3ccc(F)cc3)cc2-c2cc(C3CC(c4ccc(-c5ccc(F)cc5)nc4-c4ccn(C)n4)CN3C(=O)C=C)n(C)n2)C1.